The fourth-order valence-electron chi connectivity index (χ4n) is 2.14. The van der Waals surface area contributed by atoms with Crippen molar-refractivity contribution in [1.82, 2.24) is 10.6 Å². The summed E-state index contributed by atoms with van der Waals surface area (Å²) in [6.45, 7) is 1.58. The normalized spacial score (nSPS) is 23.2. The molecule has 0 bridgehead atoms. The number of carbonyl (C=O) groups excluding carboxylic acids is 1. The summed E-state index contributed by atoms with van der Waals surface area (Å²) in [6, 6.07) is -0.0635. The van der Waals surface area contributed by atoms with Crippen LogP contribution in [0.3, 0.4) is 0 Å². The summed E-state index contributed by atoms with van der Waals surface area (Å²) in [6.07, 6.45) is 7.96. The number of hydrogen-bond donors (Lipinski definition) is 2. The van der Waals surface area contributed by atoms with Gasteiger partial charge in [-0.3, -0.25) is 4.79 Å². The van der Waals surface area contributed by atoms with Crippen LogP contribution < -0.4 is 10.6 Å². The lowest BCUT2D eigenvalue weighted by Gasteiger charge is -2.11. The molecule has 1 amide bonds. The Balaban J connectivity index is 1.97. The molecule has 0 aromatic rings. The van der Waals surface area contributed by atoms with Gasteiger partial charge in [-0.15, -0.1) is 0 Å². The van der Waals surface area contributed by atoms with Crippen LogP contribution in [0, 0.1) is 0 Å². The third-order valence-electron chi connectivity index (χ3n) is 3.31. The highest BCUT2D eigenvalue weighted by molar-refractivity contribution is 7.98. The fourth-order valence-corrected chi connectivity index (χ4v) is 2.64. The predicted molar refractivity (Wildman–Crippen MR) is 77.1 cm³/mol. The van der Waals surface area contributed by atoms with E-state index in [1.54, 1.807) is 7.11 Å². The van der Waals surface area contributed by atoms with E-state index >= 15 is 0 Å². The van der Waals surface area contributed by atoms with Gasteiger partial charge in [-0.1, -0.05) is 12.8 Å². The van der Waals surface area contributed by atoms with Crippen LogP contribution in [0.2, 0.25) is 0 Å². The van der Waals surface area contributed by atoms with Crippen LogP contribution in [0.1, 0.15) is 32.1 Å². The van der Waals surface area contributed by atoms with E-state index in [1.807, 2.05) is 11.8 Å². The van der Waals surface area contributed by atoms with Crippen LogP contribution in [0.5, 0.6) is 0 Å². The molecule has 1 aliphatic rings. The third-order valence-corrected chi connectivity index (χ3v) is 4.01. The van der Waals surface area contributed by atoms with Crippen molar-refractivity contribution in [2.75, 3.05) is 32.2 Å². The zero-order valence-electron chi connectivity index (χ0n) is 11.5. The molecule has 0 spiro atoms. The van der Waals surface area contributed by atoms with Crippen LogP contribution in [-0.2, 0) is 9.53 Å². The Bertz CT molecular complexity index is 239. The lowest BCUT2D eigenvalue weighted by molar-refractivity contribution is -0.122. The summed E-state index contributed by atoms with van der Waals surface area (Å²) < 4.78 is 5.23. The minimum atomic E-state index is -0.0635. The van der Waals surface area contributed by atoms with E-state index in [-0.39, 0.29) is 18.1 Å². The van der Waals surface area contributed by atoms with Gasteiger partial charge in [0.1, 0.15) is 0 Å². The molecule has 4 nitrogen and oxygen atoms in total. The van der Waals surface area contributed by atoms with Gasteiger partial charge in [0.2, 0.25) is 5.91 Å². The quantitative estimate of drug-likeness (QED) is 0.624. The van der Waals surface area contributed by atoms with Crippen molar-refractivity contribution < 1.29 is 9.53 Å². The Kier molecular flexibility index (Phi) is 8.46. The van der Waals surface area contributed by atoms with Crippen LogP contribution in [0.4, 0.5) is 0 Å². The van der Waals surface area contributed by atoms with Crippen molar-refractivity contribution in [1.29, 1.82) is 0 Å². The summed E-state index contributed by atoms with van der Waals surface area (Å²) in [5, 5.41) is 6.18. The number of hydrogen-bond acceptors (Lipinski definition) is 4. The van der Waals surface area contributed by atoms with Gasteiger partial charge in [-0.05, 0) is 31.3 Å². The first-order valence-corrected chi connectivity index (χ1v) is 8.20. The molecule has 0 saturated carbocycles. The minimum Gasteiger partial charge on any atom is -0.380 e. The lowest BCUT2D eigenvalue weighted by atomic mass is 10.2. The van der Waals surface area contributed by atoms with E-state index in [1.165, 1.54) is 25.0 Å². The van der Waals surface area contributed by atoms with Gasteiger partial charge in [-0.2, -0.15) is 11.8 Å². The maximum absolute atomic E-state index is 11.8. The maximum Gasteiger partial charge on any atom is 0.237 e. The monoisotopic (exact) mass is 274 g/mol. The van der Waals surface area contributed by atoms with E-state index in [0.29, 0.717) is 0 Å². The molecule has 2 N–H and O–H groups in total. The minimum absolute atomic E-state index is 0.0635. The van der Waals surface area contributed by atoms with E-state index in [4.69, 9.17) is 4.74 Å². The Morgan fingerprint density at radius 1 is 1.39 bits per heavy atom. The van der Waals surface area contributed by atoms with Crippen LogP contribution in [0.15, 0.2) is 0 Å². The van der Waals surface area contributed by atoms with E-state index in [9.17, 15) is 4.79 Å². The molecule has 0 aliphatic carbocycles. The number of nitrogens with one attached hydrogen (secondary N) is 2. The number of rotatable bonds is 9. The van der Waals surface area contributed by atoms with Crippen molar-refractivity contribution >= 4 is 17.7 Å². The van der Waals surface area contributed by atoms with Gasteiger partial charge in [0.15, 0.2) is 0 Å². The maximum atomic E-state index is 11.8. The molecule has 0 aromatic carbocycles. The zero-order valence-corrected chi connectivity index (χ0v) is 12.4. The second-order valence-corrected chi connectivity index (χ2v) is 5.74. The first-order chi connectivity index (χ1) is 8.77. The van der Waals surface area contributed by atoms with Crippen LogP contribution in [-0.4, -0.2) is 50.3 Å². The van der Waals surface area contributed by atoms with Crippen LogP contribution in [0.25, 0.3) is 0 Å². The van der Waals surface area contributed by atoms with Gasteiger partial charge in [0.05, 0.1) is 12.1 Å². The predicted octanol–water partition coefficient (Wildman–Crippen LogP) is 1.40. The van der Waals surface area contributed by atoms with Crippen molar-refractivity contribution in [3.8, 4) is 0 Å². The Morgan fingerprint density at radius 2 is 2.17 bits per heavy atom. The number of amides is 1. The zero-order chi connectivity index (χ0) is 13.2. The van der Waals surface area contributed by atoms with Gasteiger partial charge in [0.25, 0.3) is 0 Å². The SMILES string of the molecule is COC1CNC(C(=O)NCCCCCCSC)C1. The first-order valence-electron chi connectivity index (χ1n) is 6.80. The second kappa shape index (κ2) is 9.64. The van der Waals surface area contributed by atoms with Crippen molar-refractivity contribution in [3.63, 3.8) is 0 Å². The fraction of sp³-hybridized carbons (Fsp3) is 0.923. The topological polar surface area (TPSA) is 50.4 Å². The molecule has 1 heterocycles. The molecular weight excluding hydrogens is 248 g/mol. The summed E-state index contributed by atoms with van der Waals surface area (Å²) in [5.41, 5.74) is 0. The summed E-state index contributed by atoms with van der Waals surface area (Å²) in [7, 11) is 1.70. The van der Waals surface area contributed by atoms with E-state index in [0.717, 1.165) is 25.9 Å². The number of methoxy groups -OCH3 is 1. The first kappa shape index (κ1) is 15.8. The molecule has 106 valence electrons. The highest BCUT2D eigenvalue weighted by Gasteiger charge is 2.28. The molecular formula is C13H26N2O2S. The average molecular weight is 274 g/mol. The van der Waals surface area contributed by atoms with Crippen molar-refractivity contribution in [2.24, 2.45) is 0 Å². The Labute approximate surface area is 115 Å². The van der Waals surface area contributed by atoms with Gasteiger partial charge in [0, 0.05) is 20.2 Å². The molecule has 2 unspecified atom stereocenters. The average Bonchev–Trinajstić information content (AvgIpc) is 2.86. The molecule has 5 heteroatoms. The molecule has 2 atom stereocenters. The van der Waals surface area contributed by atoms with Crippen LogP contribution >= 0.6 is 11.8 Å². The molecule has 1 rings (SSSR count). The Morgan fingerprint density at radius 3 is 2.83 bits per heavy atom. The van der Waals surface area contributed by atoms with E-state index in [2.05, 4.69) is 16.9 Å². The highest BCUT2D eigenvalue weighted by atomic mass is 32.2. The van der Waals surface area contributed by atoms with E-state index < -0.39 is 0 Å². The van der Waals surface area contributed by atoms with Crippen molar-refractivity contribution in [3.05, 3.63) is 0 Å². The molecule has 0 aromatic heterocycles. The number of unbranched alkanes of at least 4 members (excludes halogenated alkanes) is 3. The number of thioether (sulfide) groups is 1. The second-order valence-electron chi connectivity index (χ2n) is 4.75. The molecule has 0 radical (unpaired) electrons. The standard InChI is InChI=1S/C13H26N2O2S/c1-17-11-9-12(15-10-11)13(16)14-7-5-3-4-6-8-18-2/h11-12,15H,3-10H2,1-2H3,(H,14,16). The third kappa shape index (κ3) is 6.07. The summed E-state index contributed by atoms with van der Waals surface area (Å²) >= 11 is 1.90. The van der Waals surface area contributed by atoms with Gasteiger partial charge < -0.3 is 15.4 Å². The van der Waals surface area contributed by atoms with Crippen molar-refractivity contribution in [2.45, 2.75) is 44.2 Å². The summed E-state index contributed by atoms with van der Waals surface area (Å²) in [4.78, 5) is 11.8. The van der Waals surface area contributed by atoms with Gasteiger partial charge in [-0.25, -0.2) is 0 Å². The number of carbonyl (C=O) groups is 1. The highest BCUT2D eigenvalue weighted by Crippen LogP contribution is 2.09. The van der Waals surface area contributed by atoms with Gasteiger partial charge >= 0.3 is 0 Å². The number of ether oxygens (including phenoxy) is 1. The Hall–Kier alpha value is -0.260. The molecule has 1 fully saturated rings. The smallest absolute Gasteiger partial charge is 0.237 e. The molecule has 18 heavy (non-hydrogen) atoms. The molecule has 1 aliphatic heterocycles. The summed E-state index contributed by atoms with van der Waals surface area (Å²) in [5.74, 6) is 1.37. The molecule has 1 saturated heterocycles. The largest absolute Gasteiger partial charge is 0.380 e. The lowest BCUT2D eigenvalue weighted by Crippen LogP contribution is -2.40.